The number of nitrogens with zero attached hydrogens (tertiary/aromatic N) is 2. The number of amides is 1. The van der Waals surface area contributed by atoms with Crippen LogP contribution in [0.15, 0.2) is 17.3 Å². The molecule has 9 heteroatoms. The van der Waals surface area contributed by atoms with Gasteiger partial charge in [0.2, 0.25) is 16.9 Å². The Morgan fingerprint density at radius 3 is 2.39 bits per heavy atom. The topological polar surface area (TPSA) is 98.4 Å². The van der Waals surface area contributed by atoms with Gasteiger partial charge in [-0.25, -0.2) is 5.10 Å². The highest BCUT2D eigenvalue weighted by Gasteiger charge is 2.18. The number of H-pyrrole nitrogens is 1. The average Bonchev–Trinajstić information content (AvgIpc) is 3.00. The number of ether oxygens (including phenoxy) is 3. The molecule has 23 heavy (non-hydrogen) atoms. The highest BCUT2D eigenvalue weighted by Crippen LogP contribution is 2.38. The quantitative estimate of drug-likeness (QED) is 0.747. The van der Waals surface area contributed by atoms with E-state index in [2.05, 4.69) is 20.5 Å². The standard InChI is InChI=1S/C14H18N4O4S/c1-5-23-14-16-13(17-18-14)15-12(19)8-6-9(20-2)11(22-4)10(7-8)21-3/h6-7H,5H2,1-4H3,(H2,15,16,17,18,19). The van der Waals surface area contributed by atoms with Crippen molar-refractivity contribution in [2.75, 3.05) is 32.4 Å². The molecule has 8 nitrogen and oxygen atoms in total. The lowest BCUT2D eigenvalue weighted by Gasteiger charge is -2.13. The van der Waals surface area contributed by atoms with Crippen LogP contribution in [0.2, 0.25) is 0 Å². The molecule has 1 amide bonds. The van der Waals surface area contributed by atoms with Crippen LogP contribution >= 0.6 is 11.8 Å². The van der Waals surface area contributed by atoms with E-state index in [1.807, 2.05) is 6.92 Å². The number of nitrogens with one attached hydrogen (secondary N) is 2. The summed E-state index contributed by atoms with van der Waals surface area (Å²) in [5.74, 6) is 1.98. The number of thioether (sulfide) groups is 1. The monoisotopic (exact) mass is 338 g/mol. The lowest BCUT2D eigenvalue weighted by molar-refractivity contribution is 0.102. The summed E-state index contributed by atoms with van der Waals surface area (Å²) in [7, 11) is 4.48. The Labute approximate surface area is 137 Å². The van der Waals surface area contributed by atoms with E-state index in [9.17, 15) is 4.79 Å². The number of carbonyl (C=O) groups excluding carboxylic acids is 1. The van der Waals surface area contributed by atoms with Gasteiger partial charge in [0.25, 0.3) is 5.91 Å². The Kier molecular flexibility index (Phi) is 5.69. The van der Waals surface area contributed by atoms with Crippen LogP contribution < -0.4 is 19.5 Å². The van der Waals surface area contributed by atoms with Crippen molar-refractivity contribution < 1.29 is 19.0 Å². The fourth-order valence-electron chi connectivity index (χ4n) is 1.89. The van der Waals surface area contributed by atoms with E-state index in [0.29, 0.717) is 28.0 Å². The highest BCUT2D eigenvalue weighted by molar-refractivity contribution is 7.99. The fourth-order valence-corrected chi connectivity index (χ4v) is 2.41. The maximum atomic E-state index is 12.4. The van der Waals surface area contributed by atoms with Crippen LogP contribution in [-0.4, -0.2) is 48.2 Å². The molecule has 124 valence electrons. The number of carbonyl (C=O) groups is 1. The van der Waals surface area contributed by atoms with Gasteiger partial charge in [-0.1, -0.05) is 18.7 Å². The molecule has 0 aliphatic rings. The highest BCUT2D eigenvalue weighted by atomic mass is 32.2. The smallest absolute Gasteiger partial charge is 0.258 e. The molecule has 2 rings (SSSR count). The zero-order valence-electron chi connectivity index (χ0n) is 13.3. The number of rotatable bonds is 7. The van der Waals surface area contributed by atoms with Crippen LogP contribution in [-0.2, 0) is 0 Å². The maximum absolute atomic E-state index is 12.4. The molecule has 0 bridgehead atoms. The molecule has 0 atom stereocenters. The third-order valence-electron chi connectivity index (χ3n) is 2.90. The molecule has 0 spiro atoms. The van der Waals surface area contributed by atoms with Crippen LogP contribution in [0.4, 0.5) is 5.95 Å². The van der Waals surface area contributed by atoms with Crippen molar-refractivity contribution in [3.63, 3.8) is 0 Å². The minimum Gasteiger partial charge on any atom is -0.493 e. The molecule has 0 aliphatic carbocycles. The Bertz CT molecular complexity index is 664. The molecule has 0 aliphatic heterocycles. The van der Waals surface area contributed by atoms with Gasteiger partial charge in [-0.3, -0.25) is 10.1 Å². The molecule has 1 aromatic heterocycles. The van der Waals surface area contributed by atoms with Crippen molar-refractivity contribution in [3.8, 4) is 17.2 Å². The first-order valence-corrected chi connectivity index (χ1v) is 7.78. The minimum atomic E-state index is -0.367. The summed E-state index contributed by atoms with van der Waals surface area (Å²) in [6.45, 7) is 2.00. The number of methoxy groups -OCH3 is 3. The fraction of sp³-hybridized carbons (Fsp3) is 0.357. The summed E-state index contributed by atoms with van der Waals surface area (Å²) in [4.78, 5) is 16.5. The summed E-state index contributed by atoms with van der Waals surface area (Å²) in [5.41, 5.74) is 0.348. The number of aromatic nitrogens is 3. The van der Waals surface area contributed by atoms with Crippen LogP contribution in [0, 0.1) is 0 Å². The van der Waals surface area contributed by atoms with Gasteiger partial charge < -0.3 is 14.2 Å². The predicted octanol–water partition coefficient (Wildman–Crippen LogP) is 2.19. The Hall–Kier alpha value is -2.42. The number of anilines is 1. The summed E-state index contributed by atoms with van der Waals surface area (Å²) in [6, 6.07) is 3.13. The molecule has 0 fully saturated rings. The zero-order chi connectivity index (χ0) is 16.8. The third-order valence-corrected chi connectivity index (χ3v) is 3.63. The Balaban J connectivity index is 2.24. The predicted molar refractivity (Wildman–Crippen MR) is 86.8 cm³/mol. The molecule has 0 radical (unpaired) electrons. The molecule has 2 N–H and O–H groups in total. The van der Waals surface area contributed by atoms with Gasteiger partial charge in [-0.15, -0.1) is 5.10 Å². The molecule has 1 heterocycles. The Morgan fingerprint density at radius 1 is 1.22 bits per heavy atom. The van der Waals surface area contributed by atoms with Crippen LogP contribution in [0.1, 0.15) is 17.3 Å². The third kappa shape index (κ3) is 3.86. The lowest BCUT2D eigenvalue weighted by atomic mass is 10.1. The van der Waals surface area contributed by atoms with Gasteiger partial charge >= 0.3 is 0 Å². The Morgan fingerprint density at radius 2 is 1.87 bits per heavy atom. The van der Waals surface area contributed by atoms with E-state index >= 15 is 0 Å². The van der Waals surface area contributed by atoms with Crippen LogP contribution in [0.5, 0.6) is 17.2 Å². The second kappa shape index (κ2) is 7.73. The largest absolute Gasteiger partial charge is 0.493 e. The van der Waals surface area contributed by atoms with Crippen molar-refractivity contribution >= 4 is 23.6 Å². The van der Waals surface area contributed by atoms with Crippen molar-refractivity contribution in [2.24, 2.45) is 0 Å². The SMILES string of the molecule is CCSc1n[nH]c(NC(=O)c2cc(OC)c(OC)c(OC)c2)n1. The van der Waals surface area contributed by atoms with Gasteiger partial charge in [0.05, 0.1) is 21.3 Å². The van der Waals surface area contributed by atoms with Crippen molar-refractivity contribution in [3.05, 3.63) is 17.7 Å². The first-order valence-electron chi connectivity index (χ1n) is 6.79. The number of hydrogen-bond donors (Lipinski definition) is 2. The number of hydrogen-bond acceptors (Lipinski definition) is 7. The molecular weight excluding hydrogens is 320 g/mol. The van der Waals surface area contributed by atoms with E-state index in [4.69, 9.17) is 14.2 Å². The number of aromatic amines is 1. The average molecular weight is 338 g/mol. The van der Waals surface area contributed by atoms with E-state index in [-0.39, 0.29) is 11.9 Å². The maximum Gasteiger partial charge on any atom is 0.258 e. The molecule has 1 aromatic carbocycles. The molecule has 0 saturated heterocycles. The second-order valence-corrected chi connectivity index (χ2v) is 5.50. The van der Waals surface area contributed by atoms with Crippen molar-refractivity contribution in [1.29, 1.82) is 0 Å². The molecule has 0 saturated carbocycles. The van der Waals surface area contributed by atoms with Gasteiger partial charge in [0.1, 0.15) is 0 Å². The zero-order valence-corrected chi connectivity index (χ0v) is 14.1. The molecular formula is C14H18N4O4S. The van der Waals surface area contributed by atoms with E-state index in [0.717, 1.165) is 5.75 Å². The van der Waals surface area contributed by atoms with Crippen molar-refractivity contribution in [2.45, 2.75) is 12.1 Å². The second-order valence-electron chi connectivity index (χ2n) is 4.27. The van der Waals surface area contributed by atoms with Crippen LogP contribution in [0.3, 0.4) is 0 Å². The normalized spacial score (nSPS) is 10.3. The first kappa shape index (κ1) is 16.9. The van der Waals surface area contributed by atoms with Gasteiger partial charge in [0.15, 0.2) is 11.5 Å². The summed E-state index contributed by atoms with van der Waals surface area (Å²) < 4.78 is 15.7. The van der Waals surface area contributed by atoms with E-state index in [1.165, 1.54) is 33.1 Å². The van der Waals surface area contributed by atoms with E-state index in [1.54, 1.807) is 12.1 Å². The summed E-state index contributed by atoms with van der Waals surface area (Å²) >= 11 is 1.47. The van der Waals surface area contributed by atoms with Gasteiger partial charge in [-0.05, 0) is 17.9 Å². The van der Waals surface area contributed by atoms with Gasteiger partial charge in [0, 0.05) is 5.56 Å². The van der Waals surface area contributed by atoms with Crippen molar-refractivity contribution in [1.82, 2.24) is 15.2 Å². The van der Waals surface area contributed by atoms with Crippen LogP contribution in [0.25, 0.3) is 0 Å². The molecule has 2 aromatic rings. The number of benzene rings is 1. The summed E-state index contributed by atoms with van der Waals surface area (Å²) in [6.07, 6.45) is 0. The minimum absolute atomic E-state index is 0.278. The molecule has 0 unspecified atom stereocenters. The lowest BCUT2D eigenvalue weighted by Crippen LogP contribution is -2.13. The summed E-state index contributed by atoms with van der Waals surface area (Å²) in [5, 5.41) is 9.88. The first-order chi connectivity index (χ1) is 11.1. The van der Waals surface area contributed by atoms with Gasteiger partial charge in [-0.2, -0.15) is 4.98 Å². The van der Waals surface area contributed by atoms with E-state index < -0.39 is 0 Å².